The zero-order chi connectivity index (χ0) is 12.1. The molecule has 0 unspecified atom stereocenters. The van der Waals surface area contributed by atoms with Crippen LogP contribution in [0, 0.1) is 0 Å². The molecule has 0 saturated heterocycles. The highest BCUT2D eigenvalue weighted by atomic mass is 16.5. The van der Waals surface area contributed by atoms with Crippen molar-refractivity contribution in [3.8, 4) is 5.75 Å². The first-order valence-electron chi connectivity index (χ1n) is 4.65. The third kappa shape index (κ3) is 2.98. The van der Waals surface area contributed by atoms with Crippen molar-refractivity contribution in [2.75, 3.05) is 20.7 Å². The number of para-hydroxylation sites is 1. The lowest BCUT2D eigenvalue weighted by molar-refractivity contribution is -0.255. The quantitative estimate of drug-likeness (QED) is 0.689. The average molecular weight is 222 g/mol. The van der Waals surface area contributed by atoms with Gasteiger partial charge < -0.3 is 19.5 Å². The van der Waals surface area contributed by atoms with E-state index in [0.29, 0.717) is 0 Å². The molecule has 0 atom stereocenters. The molecule has 0 aliphatic heterocycles. The summed E-state index contributed by atoms with van der Waals surface area (Å²) in [5.74, 6) is -1.43. The molecule has 0 heterocycles. The Balaban J connectivity index is 2.74. The number of amides is 1. The molecule has 1 rings (SSSR count). The Morgan fingerprint density at radius 3 is 2.50 bits per heavy atom. The first kappa shape index (κ1) is 12.0. The molecule has 86 valence electrons. The highest BCUT2D eigenvalue weighted by molar-refractivity contribution is 5.89. The van der Waals surface area contributed by atoms with E-state index in [1.165, 1.54) is 17.0 Å². The van der Waals surface area contributed by atoms with E-state index in [2.05, 4.69) is 0 Å². The van der Waals surface area contributed by atoms with E-state index >= 15 is 0 Å². The first-order valence-corrected chi connectivity index (χ1v) is 4.65. The SMILES string of the molecule is CN(C)C(=O)COc1ccccc1C(=O)[O-]. The van der Waals surface area contributed by atoms with E-state index in [0.717, 1.165) is 0 Å². The van der Waals surface area contributed by atoms with E-state index in [9.17, 15) is 14.7 Å². The van der Waals surface area contributed by atoms with Crippen molar-refractivity contribution in [3.63, 3.8) is 0 Å². The highest BCUT2D eigenvalue weighted by Crippen LogP contribution is 2.16. The second-order valence-corrected chi connectivity index (χ2v) is 3.36. The summed E-state index contributed by atoms with van der Waals surface area (Å²) in [7, 11) is 3.19. The number of carboxylic acid groups (broad SMARTS) is 1. The molecule has 0 aliphatic rings. The van der Waals surface area contributed by atoms with Crippen LogP contribution in [0.1, 0.15) is 10.4 Å². The number of carboxylic acids is 1. The first-order chi connectivity index (χ1) is 7.52. The Morgan fingerprint density at radius 2 is 1.94 bits per heavy atom. The summed E-state index contributed by atoms with van der Waals surface area (Å²) in [5, 5.41) is 10.7. The van der Waals surface area contributed by atoms with Gasteiger partial charge in [0.25, 0.3) is 5.91 Å². The Hall–Kier alpha value is -2.04. The van der Waals surface area contributed by atoms with Gasteiger partial charge in [0.05, 0.1) is 5.97 Å². The van der Waals surface area contributed by atoms with E-state index in [1.54, 1.807) is 26.2 Å². The third-order valence-corrected chi connectivity index (χ3v) is 1.96. The average Bonchev–Trinajstić information content (AvgIpc) is 2.25. The Labute approximate surface area is 93.2 Å². The molecular weight excluding hydrogens is 210 g/mol. The van der Waals surface area contributed by atoms with E-state index in [4.69, 9.17) is 4.74 Å². The van der Waals surface area contributed by atoms with Gasteiger partial charge in [0.2, 0.25) is 0 Å². The fourth-order valence-electron chi connectivity index (χ4n) is 1.03. The van der Waals surface area contributed by atoms with Crippen LogP contribution in [-0.4, -0.2) is 37.5 Å². The van der Waals surface area contributed by atoms with Gasteiger partial charge in [-0.1, -0.05) is 12.1 Å². The minimum atomic E-state index is -1.33. The van der Waals surface area contributed by atoms with Gasteiger partial charge in [0.15, 0.2) is 6.61 Å². The summed E-state index contributed by atoms with van der Waals surface area (Å²) >= 11 is 0. The molecule has 0 spiro atoms. The van der Waals surface area contributed by atoms with Gasteiger partial charge >= 0.3 is 0 Å². The number of ether oxygens (including phenoxy) is 1. The van der Waals surface area contributed by atoms with Gasteiger partial charge in [-0.2, -0.15) is 0 Å². The zero-order valence-electron chi connectivity index (χ0n) is 9.10. The van der Waals surface area contributed by atoms with Gasteiger partial charge in [-0.3, -0.25) is 4.79 Å². The maximum absolute atomic E-state index is 11.2. The number of carbonyl (C=O) groups excluding carboxylic acids is 2. The maximum atomic E-state index is 11.2. The molecular formula is C11H12NO4-. The lowest BCUT2D eigenvalue weighted by Crippen LogP contribution is -2.28. The summed E-state index contributed by atoms with van der Waals surface area (Å²) in [5.41, 5.74) is -0.0611. The van der Waals surface area contributed by atoms with E-state index < -0.39 is 5.97 Å². The minimum Gasteiger partial charge on any atom is -0.545 e. The fourth-order valence-corrected chi connectivity index (χ4v) is 1.03. The van der Waals surface area contributed by atoms with Gasteiger partial charge in [-0.05, 0) is 12.1 Å². The van der Waals surface area contributed by atoms with Crippen LogP contribution >= 0.6 is 0 Å². The van der Waals surface area contributed by atoms with E-state index in [1.807, 2.05) is 0 Å². The van der Waals surface area contributed by atoms with E-state index in [-0.39, 0.29) is 23.8 Å². The number of likely N-dealkylation sites (N-methyl/N-ethyl adjacent to an activating group) is 1. The summed E-state index contributed by atoms with van der Waals surface area (Å²) in [4.78, 5) is 23.3. The van der Waals surface area contributed by atoms with Gasteiger partial charge in [0, 0.05) is 19.7 Å². The fraction of sp³-hybridized carbons (Fsp3) is 0.273. The summed E-state index contributed by atoms with van der Waals surface area (Å²) < 4.78 is 5.11. The molecule has 5 nitrogen and oxygen atoms in total. The normalized spacial score (nSPS) is 9.62. The predicted octanol–water partition coefficient (Wildman–Crippen LogP) is -0.483. The van der Waals surface area contributed by atoms with Crippen molar-refractivity contribution in [1.82, 2.24) is 4.90 Å². The second kappa shape index (κ2) is 5.16. The van der Waals surface area contributed by atoms with Crippen LogP contribution in [0.3, 0.4) is 0 Å². The number of aromatic carboxylic acids is 1. The number of nitrogens with zero attached hydrogens (tertiary/aromatic N) is 1. The number of rotatable bonds is 4. The molecule has 16 heavy (non-hydrogen) atoms. The number of hydrogen-bond donors (Lipinski definition) is 0. The van der Waals surface area contributed by atoms with Crippen LogP contribution in [-0.2, 0) is 4.79 Å². The molecule has 0 aromatic heterocycles. The second-order valence-electron chi connectivity index (χ2n) is 3.36. The lowest BCUT2D eigenvalue weighted by Gasteiger charge is -2.14. The van der Waals surface area contributed by atoms with Gasteiger partial charge in [-0.15, -0.1) is 0 Å². The summed E-state index contributed by atoms with van der Waals surface area (Å²) in [6, 6.07) is 6.03. The minimum absolute atomic E-state index is 0.0611. The Bertz CT molecular complexity index is 401. The molecule has 1 aromatic carbocycles. The molecule has 0 aliphatic carbocycles. The largest absolute Gasteiger partial charge is 0.545 e. The highest BCUT2D eigenvalue weighted by Gasteiger charge is 2.08. The standard InChI is InChI=1S/C11H13NO4/c1-12(2)10(13)7-16-9-6-4-3-5-8(9)11(14)15/h3-6H,7H2,1-2H3,(H,14,15)/p-1. The van der Waals surface area contributed by atoms with Crippen LogP contribution in [0.25, 0.3) is 0 Å². The molecule has 5 heteroatoms. The summed E-state index contributed by atoms with van der Waals surface area (Å²) in [6.45, 7) is -0.197. The van der Waals surface area contributed by atoms with Crippen molar-refractivity contribution in [2.24, 2.45) is 0 Å². The number of benzene rings is 1. The monoisotopic (exact) mass is 222 g/mol. The van der Waals surface area contributed by atoms with Gasteiger partial charge in [0.1, 0.15) is 5.75 Å². The summed E-state index contributed by atoms with van der Waals surface area (Å²) in [6.07, 6.45) is 0. The van der Waals surface area contributed by atoms with Crippen molar-refractivity contribution >= 4 is 11.9 Å². The Kier molecular flexibility index (Phi) is 3.88. The topological polar surface area (TPSA) is 69.7 Å². The third-order valence-electron chi connectivity index (χ3n) is 1.96. The lowest BCUT2D eigenvalue weighted by atomic mass is 10.2. The van der Waals surface area contributed by atoms with Gasteiger partial charge in [-0.25, -0.2) is 0 Å². The molecule has 0 radical (unpaired) electrons. The van der Waals surface area contributed by atoms with Crippen molar-refractivity contribution in [2.45, 2.75) is 0 Å². The van der Waals surface area contributed by atoms with Crippen LogP contribution in [0.15, 0.2) is 24.3 Å². The van der Waals surface area contributed by atoms with Crippen LogP contribution in [0.2, 0.25) is 0 Å². The Morgan fingerprint density at radius 1 is 1.31 bits per heavy atom. The molecule has 0 N–H and O–H groups in total. The molecule has 0 fully saturated rings. The van der Waals surface area contributed by atoms with Crippen molar-refractivity contribution < 1.29 is 19.4 Å². The predicted molar refractivity (Wildman–Crippen MR) is 55.0 cm³/mol. The van der Waals surface area contributed by atoms with Crippen molar-refractivity contribution in [1.29, 1.82) is 0 Å². The number of carbonyl (C=O) groups is 2. The van der Waals surface area contributed by atoms with Crippen LogP contribution in [0.5, 0.6) is 5.75 Å². The van der Waals surface area contributed by atoms with Crippen molar-refractivity contribution in [3.05, 3.63) is 29.8 Å². The molecule has 1 aromatic rings. The maximum Gasteiger partial charge on any atom is 0.259 e. The van der Waals surface area contributed by atoms with Crippen LogP contribution in [0.4, 0.5) is 0 Å². The molecule has 0 saturated carbocycles. The number of hydrogen-bond acceptors (Lipinski definition) is 4. The molecule has 1 amide bonds. The molecule has 0 bridgehead atoms. The zero-order valence-corrected chi connectivity index (χ0v) is 9.10. The van der Waals surface area contributed by atoms with Crippen LogP contribution < -0.4 is 9.84 Å². The smallest absolute Gasteiger partial charge is 0.259 e.